The highest BCUT2D eigenvalue weighted by Crippen LogP contribution is 2.34. The van der Waals surface area contributed by atoms with Crippen LogP contribution in [0, 0.1) is 0 Å². The lowest BCUT2D eigenvalue weighted by atomic mass is 10.1. The highest BCUT2D eigenvalue weighted by atomic mass is 16.5. The van der Waals surface area contributed by atoms with Crippen molar-refractivity contribution in [2.75, 3.05) is 24.5 Å². The number of benzene rings is 1. The molecule has 0 radical (unpaired) electrons. The second-order valence-electron chi connectivity index (χ2n) is 5.75. The Morgan fingerprint density at radius 3 is 2.86 bits per heavy atom. The fraction of sp³-hybridized carbons (Fsp3) is 0.529. The molecule has 1 unspecified atom stereocenters. The first kappa shape index (κ1) is 16.3. The summed E-state index contributed by atoms with van der Waals surface area (Å²) in [6, 6.07) is 5.38. The highest BCUT2D eigenvalue weighted by Gasteiger charge is 2.25. The van der Waals surface area contributed by atoms with Crippen LogP contribution in [0.25, 0.3) is 0 Å². The van der Waals surface area contributed by atoms with Crippen molar-refractivity contribution >= 4 is 17.4 Å². The minimum absolute atomic E-state index is 0.00160. The first-order chi connectivity index (χ1) is 10.5. The van der Waals surface area contributed by atoms with Crippen LogP contribution in [0.1, 0.15) is 44.0 Å². The van der Waals surface area contributed by atoms with Gasteiger partial charge in [-0.2, -0.15) is 0 Å². The molecule has 5 nitrogen and oxygen atoms in total. The van der Waals surface area contributed by atoms with Crippen molar-refractivity contribution < 1.29 is 14.3 Å². The summed E-state index contributed by atoms with van der Waals surface area (Å²) in [6.45, 7) is 7.23. The molecule has 120 valence electrons. The van der Waals surface area contributed by atoms with E-state index in [-0.39, 0.29) is 24.3 Å². The van der Waals surface area contributed by atoms with Gasteiger partial charge in [-0.3, -0.25) is 9.59 Å². The molecule has 1 atom stereocenters. The summed E-state index contributed by atoms with van der Waals surface area (Å²) < 4.78 is 5.79. The fourth-order valence-corrected chi connectivity index (χ4v) is 2.53. The van der Waals surface area contributed by atoms with Crippen LogP contribution in [0.3, 0.4) is 0 Å². The van der Waals surface area contributed by atoms with Crippen LogP contribution in [0.5, 0.6) is 5.75 Å². The summed E-state index contributed by atoms with van der Waals surface area (Å²) >= 11 is 0. The standard InChI is InChI=1S/C17H24N2O3/c1-4-5-8-18-17(21)11-19-10-12(2)22-16-7-6-14(13(3)20)9-15(16)19/h6-7,9,12H,4-5,8,10-11H2,1-3H3,(H,18,21). The third kappa shape index (κ3) is 4.00. The Bertz CT molecular complexity index is 557. The maximum atomic E-state index is 12.1. The van der Waals surface area contributed by atoms with Gasteiger partial charge in [0.05, 0.1) is 18.8 Å². The smallest absolute Gasteiger partial charge is 0.239 e. The van der Waals surface area contributed by atoms with E-state index >= 15 is 0 Å². The van der Waals surface area contributed by atoms with Crippen molar-refractivity contribution in [2.45, 2.75) is 39.7 Å². The largest absolute Gasteiger partial charge is 0.487 e. The molecule has 1 aromatic carbocycles. The molecule has 1 heterocycles. The molecule has 1 N–H and O–H groups in total. The van der Waals surface area contributed by atoms with E-state index in [9.17, 15) is 9.59 Å². The molecule has 1 aromatic rings. The van der Waals surface area contributed by atoms with Crippen LogP contribution in [0.4, 0.5) is 5.69 Å². The number of hydrogen-bond acceptors (Lipinski definition) is 4. The monoisotopic (exact) mass is 304 g/mol. The summed E-state index contributed by atoms with van der Waals surface area (Å²) in [5, 5.41) is 2.93. The Hall–Kier alpha value is -2.04. The van der Waals surface area contributed by atoms with Gasteiger partial charge in [0, 0.05) is 12.1 Å². The average molecular weight is 304 g/mol. The van der Waals surface area contributed by atoms with Crippen molar-refractivity contribution in [1.29, 1.82) is 0 Å². The maximum Gasteiger partial charge on any atom is 0.239 e. The van der Waals surface area contributed by atoms with Crippen LogP contribution in [0.15, 0.2) is 18.2 Å². The molecule has 2 rings (SSSR count). The number of Topliss-reactive ketones (excluding diaryl/α,β-unsaturated/α-hetero) is 1. The van der Waals surface area contributed by atoms with E-state index in [0.29, 0.717) is 18.7 Å². The number of anilines is 1. The lowest BCUT2D eigenvalue weighted by Crippen LogP contribution is -2.44. The number of nitrogens with zero attached hydrogens (tertiary/aromatic N) is 1. The van der Waals surface area contributed by atoms with Crippen molar-refractivity contribution in [3.63, 3.8) is 0 Å². The number of fused-ring (bicyclic) bond motifs is 1. The van der Waals surface area contributed by atoms with Crippen LogP contribution in [-0.2, 0) is 4.79 Å². The molecule has 1 amide bonds. The van der Waals surface area contributed by atoms with E-state index in [1.54, 1.807) is 6.07 Å². The van der Waals surface area contributed by atoms with Crippen molar-refractivity contribution in [3.8, 4) is 5.75 Å². The van der Waals surface area contributed by atoms with Crippen LogP contribution in [0.2, 0.25) is 0 Å². The Morgan fingerprint density at radius 2 is 2.18 bits per heavy atom. The molecule has 0 saturated carbocycles. The van der Waals surface area contributed by atoms with E-state index in [4.69, 9.17) is 4.74 Å². The van der Waals surface area contributed by atoms with Gasteiger partial charge in [-0.1, -0.05) is 13.3 Å². The number of nitrogens with one attached hydrogen (secondary N) is 1. The molecule has 0 bridgehead atoms. The van der Waals surface area contributed by atoms with Crippen molar-refractivity contribution in [2.24, 2.45) is 0 Å². The van der Waals surface area contributed by atoms with Gasteiger partial charge in [0.2, 0.25) is 5.91 Å². The zero-order valence-electron chi connectivity index (χ0n) is 13.5. The number of carbonyl (C=O) groups excluding carboxylic acids is 2. The number of unbranched alkanes of at least 4 members (excludes halogenated alkanes) is 1. The quantitative estimate of drug-likeness (QED) is 0.647. The topological polar surface area (TPSA) is 58.6 Å². The third-order valence-corrected chi connectivity index (χ3v) is 3.70. The molecule has 1 aliphatic heterocycles. The van der Waals surface area contributed by atoms with Gasteiger partial charge in [0.1, 0.15) is 11.9 Å². The Balaban J connectivity index is 2.14. The minimum Gasteiger partial charge on any atom is -0.487 e. The van der Waals surface area contributed by atoms with E-state index in [0.717, 1.165) is 24.3 Å². The van der Waals surface area contributed by atoms with Crippen molar-refractivity contribution in [3.05, 3.63) is 23.8 Å². The SMILES string of the molecule is CCCCNC(=O)CN1CC(C)Oc2ccc(C(C)=O)cc21. The van der Waals surface area contributed by atoms with Gasteiger partial charge in [0.25, 0.3) is 0 Å². The number of hydrogen-bond donors (Lipinski definition) is 1. The zero-order valence-corrected chi connectivity index (χ0v) is 13.5. The molecule has 22 heavy (non-hydrogen) atoms. The van der Waals surface area contributed by atoms with Gasteiger partial charge >= 0.3 is 0 Å². The molecular formula is C17H24N2O3. The lowest BCUT2D eigenvalue weighted by Gasteiger charge is -2.34. The molecule has 0 fully saturated rings. The molecule has 5 heteroatoms. The number of rotatable bonds is 6. The summed E-state index contributed by atoms with van der Waals surface area (Å²) in [5.41, 5.74) is 1.45. The first-order valence-corrected chi connectivity index (χ1v) is 7.84. The molecule has 0 spiro atoms. The van der Waals surface area contributed by atoms with Crippen LogP contribution < -0.4 is 15.0 Å². The van der Waals surface area contributed by atoms with Crippen LogP contribution >= 0.6 is 0 Å². The van der Waals surface area contributed by atoms with Gasteiger partial charge in [-0.05, 0) is 38.5 Å². The van der Waals surface area contributed by atoms with E-state index in [1.165, 1.54) is 6.92 Å². The predicted octanol–water partition coefficient (Wildman–Crippen LogP) is 2.39. The molecule has 1 aliphatic rings. The van der Waals surface area contributed by atoms with Gasteiger partial charge < -0.3 is 15.0 Å². The summed E-state index contributed by atoms with van der Waals surface area (Å²) in [4.78, 5) is 25.6. The maximum absolute atomic E-state index is 12.1. The number of ketones is 1. The summed E-state index contributed by atoms with van der Waals surface area (Å²) in [7, 11) is 0. The van der Waals surface area contributed by atoms with Crippen LogP contribution in [-0.4, -0.2) is 37.4 Å². The first-order valence-electron chi connectivity index (χ1n) is 7.84. The van der Waals surface area contributed by atoms with E-state index in [1.807, 2.05) is 24.0 Å². The Morgan fingerprint density at radius 1 is 1.41 bits per heavy atom. The predicted molar refractivity (Wildman–Crippen MR) is 86.7 cm³/mol. The second kappa shape index (κ2) is 7.29. The fourth-order valence-electron chi connectivity index (χ4n) is 2.53. The molecular weight excluding hydrogens is 280 g/mol. The third-order valence-electron chi connectivity index (χ3n) is 3.70. The van der Waals surface area contributed by atoms with Gasteiger partial charge in [-0.15, -0.1) is 0 Å². The van der Waals surface area contributed by atoms with Gasteiger partial charge in [-0.25, -0.2) is 0 Å². The van der Waals surface area contributed by atoms with E-state index < -0.39 is 0 Å². The van der Waals surface area contributed by atoms with E-state index in [2.05, 4.69) is 12.2 Å². The second-order valence-corrected chi connectivity index (χ2v) is 5.75. The molecule has 0 aromatic heterocycles. The normalized spacial score (nSPS) is 16.7. The molecule has 0 aliphatic carbocycles. The zero-order chi connectivity index (χ0) is 16.1. The highest BCUT2D eigenvalue weighted by molar-refractivity contribution is 5.96. The number of ether oxygens (including phenoxy) is 1. The minimum atomic E-state index is 0.00160. The summed E-state index contributed by atoms with van der Waals surface area (Å²) in [6.07, 6.45) is 2.05. The number of amides is 1. The Kier molecular flexibility index (Phi) is 5.41. The molecule has 0 saturated heterocycles. The van der Waals surface area contributed by atoms with Gasteiger partial charge in [0.15, 0.2) is 5.78 Å². The number of carbonyl (C=O) groups is 2. The lowest BCUT2D eigenvalue weighted by molar-refractivity contribution is -0.119. The average Bonchev–Trinajstić information content (AvgIpc) is 2.46. The summed E-state index contributed by atoms with van der Waals surface area (Å²) in [5.74, 6) is 0.737. The Labute approximate surface area is 131 Å². The van der Waals surface area contributed by atoms with Crippen molar-refractivity contribution in [1.82, 2.24) is 5.32 Å².